The fourth-order valence-corrected chi connectivity index (χ4v) is 5.78. The first-order chi connectivity index (χ1) is 20.7. The molecule has 0 heterocycles. The number of hydrogen-bond donors (Lipinski definition) is 0. The van der Waals surface area contributed by atoms with Crippen molar-refractivity contribution in [1.29, 1.82) is 0 Å². The lowest BCUT2D eigenvalue weighted by Gasteiger charge is -2.36. The quantitative estimate of drug-likeness (QED) is 0.257. The van der Waals surface area contributed by atoms with Gasteiger partial charge in [0.15, 0.2) is 0 Å². The summed E-state index contributed by atoms with van der Waals surface area (Å²) in [5.74, 6) is -3.98. The van der Waals surface area contributed by atoms with Crippen LogP contribution < -0.4 is 4.90 Å². The molecule has 0 saturated heterocycles. The standard InChI is InChI=1S/C36H41N/c1-23(2)28-19-18-27(26-14-10-9-11-15-26)20-34(28)37(25(5)6)35-22-33-31(21-30(35)24(3)4)29-16-12-13-17-32(29)36(33,7)8/h9-25H,1-8H3/i1D3,3D3,23D,24D. The largest absolute Gasteiger partial charge is 0.338 e. The molecular weight excluding hydrogens is 446 g/mol. The number of benzene rings is 4. The summed E-state index contributed by atoms with van der Waals surface area (Å²) in [4.78, 5) is 1.94. The summed E-state index contributed by atoms with van der Waals surface area (Å²) in [7, 11) is 0. The predicted octanol–water partition coefficient (Wildman–Crippen LogP) is 10.5. The predicted molar refractivity (Wildman–Crippen MR) is 161 cm³/mol. The second-order valence-electron chi connectivity index (χ2n) is 10.9. The normalized spacial score (nSPS) is 20.8. The van der Waals surface area contributed by atoms with E-state index in [1.165, 1.54) is 13.8 Å². The molecule has 0 aliphatic heterocycles. The third-order valence-electron chi connectivity index (χ3n) is 7.65. The smallest absolute Gasteiger partial charge is 0.0454 e. The van der Waals surface area contributed by atoms with Gasteiger partial charge in [0.05, 0.1) is 0 Å². The van der Waals surface area contributed by atoms with Crippen LogP contribution in [0.25, 0.3) is 22.3 Å². The molecule has 1 aliphatic rings. The molecular formula is C36H41N. The average molecular weight is 496 g/mol. The summed E-state index contributed by atoms with van der Waals surface area (Å²) in [6, 6.07) is 26.8. The van der Waals surface area contributed by atoms with E-state index in [4.69, 9.17) is 9.60 Å². The molecule has 0 N–H and O–H groups in total. The van der Waals surface area contributed by atoms with Gasteiger partial charge in [0, 0.05) is 33.8 Å². The summed E-state index contributed by atoms with van der Waals surface area (Å²) in [5, 5.41) is 0. The third kappa shape index (κ3) is 4.29. The van der Waals surface area contributed by atoms with Crippen molar-refractivity contribution in [2.75, 3.05) is 4.90 Å². The molecule has 4 aromatic rings. The van der Waals surface area contributed by atoms with Gasteiger partial charge in [0.1, 0.15) is 0 Å². The molecule has 0 saturated carbocycles. The van der Waals surface area contributed by atoms with E-state index in [2.05, 4.69) is 19.9 Å². The molecule has 0 bridgehead atoms. The summed E-state index contributed by atoms with van der Waals surface area (Å²) in [6.45, 7) is 5.72. The first kappa shape index (κ1) is 17.2. The van der Waals surface area contributed by atoms with Crippen molar-refractivity contribution in [2.24, 2.45) is 0 Å². The van der Waals surface area contributed by atoms with Crippen LogP contribution in [-0.2, 0) is 5.41 Å². The van der Waals surface area contributed by atoms with Crippen molar-refractivity contribution in [2.45, 2.75) is 78.5 Å². The highest BCUT2D eigenvalue weighted by Gasteiger charge is 2.37. The Bertz CT molecular complexity index is 1730. The van der Waals surface area contributed by atoms with E-state index >= 15 is 0 Å². The Morgan fingerprint density at radius 1 is 0.649 bits per heavy atom. The van der Waals surface area contributed by atoms with Crippen LogP contribution in [0.3, 0.4) is 0 Å². The third-order valence-corrected chi connectivity index (χ3v) is 7.65. The van der Waals surface area contributed by atoms with E-state index in [-0.39, 0.29) is 6.04 Å². The minimum absolute atomic E-state index is 0.293. The van der Waals surface area contributed by atoms with Gasteiger partial charge in [0.25, 0.3) is 0 Å². The lowest BCUT2D eigenvalue weighted by Crippen LogP contribution is -2.28. The van der Waals surface area contributed by atoms with Crippen LogP contribution in [-0.4, -0.2) is 6.04 Å². The number of anilines is 2. The van der Waals surface area contributed by atoms with E-state index in [1.807, 2.05) is 91.5 Å². The topological polar surface area (TPSA) is 3.24 Å². The molecule has 0 amide bonds. The zero-order chi connectivity index (χ0) is 33.3. The van der Waals surface area contributed by atoms with Crippen LogP contribution in [0.5, 0.6) is 0 Å². The first-order valence-electron chi connectivity index (χ1n) is 17.0. The molecule has 1 nitrogen and oxygen atoms in total. The maximum absolute atomic E-state index is 9.34. The van der Waals surface area contributed by atoms with Gasteiger partial charge in [-0.3, -0.25) is 0 Å². The Hall–Kier alpha value is -3.32. The molecule has 0 aromatic heterocycles. The zero-order valence-electron chi connectivity index (χ0n) is 30.6. The van der Waals surface area contributed by atoms with Gasteiger partial charge in [0.2, 0.25) is 0 Å². The molecule has 2 atom stereocenters. The van der Waals surface area contributed by atoms with Gasteiger partial charge in [-0.05, 0) is 88.3 Å². The van der Waals surface area contributed by atoms with Crippen molar-refractivity contribution < 1.29 is 11.0 Å². The molecule has 2 unspecified atom stereocenters. The Balaban J connectivity index is 1.90. The highest BCUT2D eigenvalue weighted by Crippen LogP contribution is 2.52. The SMILES string of the molecule is [2H]C([2H])([2H])C([2H])(C)c1ccc(-c2ccccc2)cc1N(c1cc2c(cc1C([2H])(C)C([2H])([2H])[2H])-c1ccccc1C2(C)C)C(C)C. The minimum Gasteiger partial charge on any atom is -0.338 e. The first-order valence-corrected chi connectivity index (χ1v) is 13.0. The maximum atomic E-state index is 9.34. The van der Waals surface area contributed by atoms with E-state index < -0.39 is 30.9 Å². The number of rotatable bonds is 6. The highest BCUT2D eigenvalue weighted by atomic mass is 15.2. The molecule has 1 aliphatic carbocycles. The summed E-state index contributed by atoms with van der Waals surface area (Å²) < 4.78 is 68.7. The minimum atomic E-state index is -2.66. The molecule has 190 valence electrons. The van der Waals surface area contributed by atoms with Crippen LogP contribution in [0.2, 0.25) is 0 Å². The number of hydrogen-bond acceptors (Lipinski definition) is 1. The second kappa shape index (κ2) is 9.53. The number of nitrogens with zero attached hydrogens (tertiary/aromatic N) is 1. The van der Waals surface area contributed by atoms with E-state index in [9.17, 15) is 1.37 Å². The highest BCUT2D eigenvalue weighted by molar-refractivity contribution is 5.86. The van der Waals surface area contributed by atoms with E-state index in [0.717, 1.165) is 33.4 Å². The van der Waals surface area contributed by atoms with Gasteiger partial charge < -0.3 is 4.90 Å². The Labute approximate surface area is 235 Å². The van der Waals surface area contributed by atoms with Gasteiger partial charge >= 0.3 is 0 Å². The Morgan fingerprint density at radius 2 is 1.30 bits per heavy atom. The maximum Gasteiger partial charge on any atom is 0.0454 e. The fraction of sp³-hybridized carbons (Fsp3) is 0.333. The molecule has 0 fully saturated rings. The van der Waals surface area contributed by atoms with Gasteiger partial charge in [-0.2, -0.15) is 0 Å². The Morgan fingerprint density at radius 3 is 2.00 bits per heavy atom. The van der Waals surface area contributed by atoms with Crippen molar-refractivity contribution >= 4 is 11.4 Å². The van der Waals surface area contributed by atoms with Crippen molar-refractivity contribution in [1.82, 2.24) is 0 Å². The van der Waals surface area contributed by atoms with Crippen molar-refractivity contribution in [3.63, 3.8) is 0 Å². The van der Waals surface area contributed by atoms with Gasteiger partial charge in [-0.25, -0.2) is 0 Å². The van der Waals surface area contributed by atoms with Gasteiger partial charge in [-0.1, -0.05) is 108 Å². The average Bonchev–Trinajstić information content (AvgIpc) is 3.17. The molecule has 1 heteroatoms. The van der Waals surface area contributed by atoms with Crippen LogP contribution in [0, 0.1) is 0 Å². The summed E-state index contributed by atoms with van der Waals surface area (Å²) in [6.07, 6.45) is 0. The van der Waals surface area contributed by atoms with Crippen LogP contribution >= 0.6 is 0 Å². The lowest BCUT2D eigenvalue weighted by atomic mass is 9.81. The second-order valence-corrected chi connectivity index (χ2v) is 10.9. The molecule has 0 spiro atoms. The van der Waals surface area contributed by atoms with Crippen LogP contribution in [0.1, 0.15) is 100 Å². The molecule has 4 aromatic carbocycles. The zero-order valence-corrected chi connectivity index (χ0v) is 22.6. The van der Waals surface area contributed by atoms with Gasteiger partial charge in [-0.15, -0.1) is 0 Å². The number of fused-ring (bicyclic) bond motifs is 3. The van der Waals surface area contributed by atoms with Crippen molar-refractivity contribution in [3.05, 3.63) is 107 Å². The molecule has 0 radical (unpaired) electrons. The molecule has 5 rings (SSSR count). The van der Waals surface area contributed by atoms with Crippen molar-refractivity contribution in [3.8, 4) is 22.3 Å². The summed E-state index contributed by atoms with van der Waals surface area (Å²) in [5.41, 5.74) is 7.01. The lowest BCUT2D eigenvalue weighted by molar-refractivity contribution is 0.658. The fourth-order valence-electron chi connectivity index (χ4n) is 5.78. The molecule has 37 heavy (non-hydrogen) atoms. The van der Waals surface area contributed by atoms with Crippen LogP contribution in [0.4, 0.5) is 11.4 Å². The summed E-state index contributed by atoms with van der Waals surface area (Å²) >= 11 is 0. The van der Waals surface area contributed by atoms with Crippen LogP contribution in [0.15, 0.2) is 84.9 Å². The van der Waals surface area contributed by atoms with E-state index in [0.29, 0.717) is 22.5 Å². The van der Waals surface area contributed by atoms with E-state index in [1.54, 1.807) is 6.07 Å². The Kier molecular flexibility index (Phi) is 4.44. The monoisotopic (exact) mass is 495 g/mol.